The fourth-order valence-corrected chi connectivity index (χ4v) is 2.85. The van der Waals surface area contributed by atoms with Crippen LogP contribution in [0, 0.1) is 6.92 Å². The molecule has 1 aromatic rings. The Morgan fingerprint density at radius 1 is 1.32 bits per heavy atom. The average molecular weight is 263 g/mol. The van der Waals surface area contributed by atoms with Gasteiger partial charge in [0.2, 0.25) is 0 Å². The molecule has 3 N–H and O–H groups in total. The molecular weight excluding hydrogens is 238 g/mol. The van der Waals surface area contributed by atoms with Gasteiger partial charge in [-0.2, -0.15) is 0 Å². The van der Waals surface area contributed by atoms with Crippen LogP contribution >= 0.6 is 0 Å². The number of anilines is 1. The first-order valence-corrected chi connectivity index (χ1v) is 7.08. The molecule has 0 radical (unpaired) electrons. The molecule has 4 heteroatoms. The Labute approximate surface area is 115 Å². The molecule has 0 aliphatic carbocycles. The molecule has 0 bridgehead atoms. The molecule has 1 aromatic heterocycles. The van der Waals surface area contributed by atoms with Crippen molar-refractivity contribution in [2.45, 2.75) is 51.7 Å². The number of hydrogen-bond donors (Lipinski definition) is 2. The summed E-state index contributed by atoms with van der Waals surface area (Å²) in [4.78, 5) is 6.52. The van der Waals surface area contributed by atoms with Gasteiger partial charge in [0.1, 0.15) is 11.9 Å². The zero-order valence-corrected chi connectivity index (χ0v) is 12.2. The highest BCUT2D eigenvalue weighted by atomic mass is 16.3. The van der Waals surface area contributed by atoms with Crippen LogP contribution in [-0.4, -0.2) is 33.6 Å². The van der Waals surface area contributed by atoms with E-state index in [2.05, 4.69) is 23.7 Å². The van der Waals surface area contributed by atoms with Crippen LogP contribution in [-0.2, 0) is 0 Å². The van der Waals surface area contributed by atoms with Crippen molar-refractivity contribution in [2.24, 2.45) is 0 Å². The standard InChI is InChI=1S/C15H25N3O/c1-11-9-12(14(16)17-10-11)13(19)15(2,3)18-7-5-4-6-8-18/h9-10,13,19H,4-8H2,1-3H3,(H2,16,17). The molecule has 0 amide bonds. The molecule has 0 aromatic carbocycles. The number of nitrogens with two attached hydrogens (primary N) is 1. The molecule has 2 heterocycles. The number of aryl methyl sites for hydroxylation is 1. The first-order valence-electron chi connectivity index (χ1n) is 7.08. The minimum absolute atomic E-state index is 0.315. The van der Waals surface area contributed by atoms with Gasteiger partial charge in [-0.25, -0.2) is 4.98 Å². The molecule has 4 nitrogen and oxygen atoms in total. The molecule has 106 valence electrons. The SMILES string of the molecule is Cc1cnc(N)c(C(O)C(C)(C)N2CCCCC2)c1. The number of likely N-dealkylation sites (tertiary alicyclic amines) is 1. The van der Waals surface area contributed by atoms with Crippen LogP contribution in [0.4, 0.5) is 5.82 Å². The second-order valence-corrected chi connectivity index (χ2v) is 6.09. The Bertz CT molecular complexity index is 439. The summed E-state index contributed by atoms with van der Waals surface area (Å²) in [5, 5.41) is 10.7. The van der Waals surface area contributed by atoms with Gasteiger partial charge >= 0.3 is 0 Å². The van der Waals surface area contributed by atoms with Gasteiger partial charge in [0.25, 0.3) is 0 Å². The number of pyridine rings is 1. The molecule has 1 unspecified atom stereocenters. The van der Waals surface area contributed by atoms with Crippen LogP contribution in [0.25, 0.3) is 0 Å². The third-order valence-corrected chi connectivity index (χ3v) is 4.22. The zero-order chi connectivity index (χ0) is 14.0. The average Bonchev–Trinajstić information content (AvgIpc) is 2.41. The van der Waals surface area contributed by atoms with Crippen LogP contribution in [0.5, 0.6) is 0 Å². The zero-order valence-electron chi connectivity index (χ0n) is 12.2. The van der Waals surface area contributed by atoms with Crippen molar-refractivity contribution in [3.8, 4) is 0 Å². The lowest BCUT2D eigenvalue weighted by Crippen LogP contribution is -2.50. The number of nitrogens with zero attached hydrogens (tertiary/aromatic N) is 2. The highest BCUT2D eigenvalue weighted by Gasteiger charge is 2.36. The van der Waals surface area contributed by atoms with Crippen LogP contribution in [0.1, 0.15) is 50.3 Å². The number of rotatable bonds is 3. The smallest absolute Gasteiger partial charge is 0.129 e. The molecule has 1 fully saturated rings. The Morgan fingerprint density at radius 3 is 2.58 bits per heavy atom. The second-order valence-electron chi connectivity index (χ2n) is 6.09. The molecule has 1 aliphatic heterocycles. The lowest BCUT2D eigenvalue weighted by molar-refractivity contribution is -0.0206. The summed E-state index contributed by atoms with van der Waals surface area (Å²) in [5.74, 6) is 0.434. The van der Waals surface area contributed by atoms with Gasteiger partial charge in [-0.05, 0) is 58.3 Å². The number of piperidine rings is 1. The first-order chi connectivity index (χ1) is 8.93. The predicted molar refractivity (Wildman–Crippen MR) is 77.8 cm³/mol. The van der Waals surface area contributed by atoms with E-state index >= 15 is 0 Å². The highest BCUT2D eigenvalue weighted by molar-refractivity contribution is 5.43. The normalized spacial score (nSPS) is 19.4. The fraction of sp³-hybridized carbons (Fsp3) is 0.667. The Morgan fingerprint density at radius 2 is 1.95 bits per heavy atom. The monoisotopic (exact) mass is 263 g/mol. The molecular formula is C15H25N3O. The maximum Gasteiger partial charge on any atom is 0.129 e. The van der Waals surface area contributed by atoms with Crippen molar-refractivity contribution in [1.82, 2.24) is 9.88 Å². The van der Waals surface area contributed by atoms with Gasteiger partial charge in [-0.3, -0.25) is 4.90 Å². The molecule has 19 heavy (non-hydrogen) atoms. The molecule has 1 aliphatic rings. The maximum absolute atomic E-state index is 10.7. The third kappa shape index (κ3) is 2.90. The topological polar surface area (TPSA) is 62.4 Å². The van der Waals surface area contributed by atoms with E-state index in [-0.39, 0.29) is 5.54 Å². The largest absolute Gasteiger partial charge is 0.386 e. The van der Waals surface area contributed by atoms with E-state index in [9.17, 15) is 5.11 Å². The van der Waals surface area contributed by atoms with Gasteiger partial charge in [0.15, 0.2) is 0 Å². The highest BCUT2D eigenvalue weighted by Crippen LogP contribution is 2.35. The summed E-state index contributed by atoms with van der Waals surface area (Å²) in [6.07, 6.45) is 4.82. The van der Waals surface area contributed by atoms with Crippen molar-refractivity contribution in [3.63, 3.8) is 0 Å². The van der Waals surface area contributed by atoms with E-state index in [1.165, 1.54) is 19.3 Å². The van der Waals surface area contributed by atoms with Crippen molar-refractivity contribution in [1.29, 1.82) is 0 Å². The van der Waals surface area contributed by atoms with E-state index in [0.29, 0.717) is 5.82 Å². The molecule has 1 atom stereocenters. The minimum atomic E-state index is -0.613. The van der Waals surface area contributed by atoms with Gasteiger partial charge in [0, 0.05) is 17.3 Å². The number of aliphatic hydroxyl groups is 1. The predicted octanol–water partition coefficient (Wildman–Crippen LogP) is 2.27. The summed E-state index contributed by atoms with van der Waals surface area (Å²) in [7, 11) is 0. The number of aliphatic hydroxyl groups excluding tert-OH is 1. The Balaban J connectivity index is 2.25. The number of hydrogen-bond acceptors (Lipinski definition) is 4. The number of aromatic nitrogens is 1. The van der Waals surface area contributed by atoms with Crippen molar-refractivity contribution >= 4 is 5.82 Å². The van der Waals surface area contributed by atoms with Gasteiger partial charge in [-0.15, -0.1) is 0 Å². The van der Waals surface area contributed by atoms with Gasteiger partial charge < -0.3 is 10.8 Å². The maximum atomic E-state index is 10.7. The van der Waals surface area contributed by atoms with E-state index in [1.807, 2.05) is 13.0 Å². The van der Waals surface area contributed by atoms with E-state index in [0.717, 1.165) is 24.2 Å². The third-order valence-electron chi connectivity index (χ3n) is 4.22. The van der Waals surface area contributed by atoms with Gasteiger partial charge in [0.05, 0.1) is 0 Å². The Hall–Kier alpha value is -1.13. The van der Waals surface area contributed by atoms with Crippen molar-refractivity contribution in [2.75, 3.05) is 18.8 Å². The van der Waals surface area contributed by atoms with E-state index < -0.39 is 6.10 Å². The molecule has 2 rings (SSSR count). The Kier molecular flexibility index (Phi) is 4.11. The molecule has 1 saturated heterocycles. The first kappa shape index (κ1) is 14.3. The van der Waals surface area contributed by atoms with Crippen LogP contribution in [0.3, 0.4) is 0 Å². The summed E-state index contributed by atoms with van der Waals surface area (Å²) in [6.45, 7) is 8.23. The summed E-state index contributed by atoms with van der Waals surface area (Å²) in [5.41, 5.74) is 7.38. The van der Waals surface area contributed by atoms with Crippen molar-refractivity contribution < 1.29 is 5.11 Å². The van der Waals surface area contributed by atoms with Crippen molar-refractivity contribution in [3.05, 3.63) is 23.4 Å². The quantitative estimate of drug-likeness (QED) is 0.878. The molecule has 0 saturated carbocycles. The van der Waals surface area contributed by atoms with Gasteiger partial charge in [-0.1, -0.05) is 6.42 Å². The summed E-state index contributed by atoms with van der Waals surface area (Å²) >= 11 is 0. The number of nitrogen functional groups attached to an aromatic ring is 1. The van der Waals surface area contributed by atoms with Crippen LogP contribution in [0.15, 0.2) is 12.3 Å². The minimum Gasteiger partial charge on any atom is -0.386 e. The lowest BCUT2D eigenvalue weighted by Gasteiger charge is -2.44. The van der Waals surface area contributed by atoms with Crippen LogP contribution in [0.2, 0.25) is 0 Å². The second kappa shape index (κ2) is 5.47. The van der Waals surface area contributed by atoms with Crippen LogP contribution < -0.4 is 5.73 Å². The molecule has 0 spiro atoms. The lowest BCUT2D eigenvalue weighted by atomic mass is 9.87. The fourth-order valence-electron chi connectivity index (χ4n) is 2.85. The van der Waals surface area contributed by atoms with E-state index in [1.54, 1.807) is 6.20 Å². The summed E-state index contributed by atoms with van der Waals surface area (Å²) < 4.78 is 0. The van der Waals surface area contributed by atoms with E-state index in [4.69, 9.17) is 5.73 Å². The summed E-state index contributed by atoms with van der Waals surface area (Å²) in [6, 6.07) is 1.94.